The number of aromatic hydroxyl groups is 1. The molecule has 18 heavy (non-hydrogen) atoms. The lowest BCUT2D eigenvalue weighted by molar-refractivity contribution is -0.426. The third-order valence-electron chi connectivity index (χ3n) is 2.58. The fourth-order valence-electron chi connectivity index (χ4n) is 1.58. The van der Waals surface area contributed by atoms with Gasteiger partial charge in [-0.1, -0.05) is 37.4 Å². The van der Waals surface area contributed by atoms with Crippen LogP contribution in [0, 0.1) is 10.1 Å². The van der Waals surface area contributed by atoms with E-state index >= 15 is 0 Å². The third-order valence-corrected chi connectivity index (χ3v) is 2.88. The smallest absolute Gasteiger partial charge is 0.246 e. The van der Waals surface area contributed by atoms with Crippen molar-refractivity contribution in [3.05, 3.63) is 44.6 Å². The number of halogens is 1. The number of nitro groups is 1. The summed E-state index contributed by atoms with van der Waals surface area (Å²) >= 11 is 5.75. The van der Waals surface area contributed by atoms with Crippen LogP contribution in [-0.4, -0.2) is 10.0 Å². The third kappa shape index (κ3) is 4.37. The Morgan fingerprint density at radius 2 is 2.22 bits per heavy atom. The van der Waals surface area contributed by atoms with Crippen LogP contribution in [-0.2, 0) is 0 Å². The van der Waals surface area contributed by atoms with E-state index in [1.54, 1.807) is 6.07 Å². The molecule has 0 radical (unpaired) electrons. The van der Waals surface area contributed by atoms with Crippen LogP contribution in [0.1, 0.15) is 38.2 Å². The van der Waals surface area contributed by atoms with Crippen LogP contribution in [0.2, 0.25) is 5.02 Å². The van der Waals surface area contributed by atoms with Gasteiger partial charge in [-0.2, -0.15) is 0 Å². The highest BCUT2D eigenvalue weighted by molar-refractivity contribution is 6.32. The van der Waals surface area contributed by atoms with Crippen LogP contribution in [0.15, 0.2) is 23.9 Å². The van der Waals surface area contributed by atoms with Crippen molar-refractivity contribution in [1.82, 2.24) is 0 Å². The van der Waals surface area contributed by atoms with Crippen molar-refractivity contribution in [2.75, 3.05) is 0 Å². The van der Waals surface area contributed by atoms with Crippen molar-refractivity contribution in [1.29, 1.82) is 0 Å². The molecule has 1 aromatic carbocycles. The Morgan fingerprint density at radius 1 is 1.50 bits per heavy atom. The molecule has 0 amide bonds. The molecular formula is C13H16ClNO3. The van der Waals surface area contributed by atoms with Gasteiger partial charge >= 0.3 is 0 Å². The summed E-state index contributed by atoms with van der Waals surface area (Å²) in [5.74, 6) is -0.0255. The summed E-state index contributed by atoms with van der Waals surface area (Å²) in [4.78, 5) is 10.5. The highest BCUT2D eigenvalue weighted by Crippen LogP contribution is 2.25. The molecule has 1 rings (SSSR count). The van der Waals surface area contributed by atoms with Gasteiger partial charge < -0.3 is 5.11 Å². The number of phenols is 1. The minimum Gasteiger partial charge on any atom is -0.506 e. The van der Waals surface area contributed by atoms with Crippen molar-refractivity contribution in [2.45, 2.75) is 32.6 Å². The van der Waals surface area contributed by atoms with Crippen molar-refractivity contribution >= 4 is 17.7 Å². The number of rotatable bonds is 6. The predicted octanol–water partition coefficient (Wildman–Crippen LogP) is 4.24. The topological polar surface area (TPSA) is 63.4 Å². The number of phenolic OH excluding ortho intramolecular Hbond substituents is 1. The van der Waals surface area contributed by atoms with E-state index in [0.717, 1.165) is 19.3 Å². The lowest BCUT2D eigenvalue weighted by Crippen LogP contribution is -1.98. The molecular weight excluding hydrogens is 254 g/mol. The molecule has 1 aromatic rings. The van der Waals surface area contributed by atoms with Gasteiger partial charge in [0.15, 0.2) is 0 Å². The van der Waals surface area contributed by atoms with Crippen LogP contribution in [0.25, 0.3) is 6.08 Å². The molecule has 0 aliphatic carbocycles. The zero-order valence-electron chi connectivity index (χ0n) is 10.2. The lowest BCUT2D eigenvalue weighted by atomic mass is 10.1. The Balaban J connectivity index is 2.86. The van der Waals surface area contributed by atoms with Gasteiger partial charge in [0.25, 0.3) is 0 Å². The molecule has 0 aromatic heterocycles. The van der Waals surface area contributed by atoms with E-state index in [1.807, 2.05) is 0 Å². The average Bonchev–Trinajstić information content (AvgIpc) is 2.32. The molecule has 5 heteroatoms. The van der Waals surface area contributed by atoms with E-state index in [0.29, 0.717) is 12.0 Å². The van der Waals surface area contributed by atoms with E-state index in [9.17, 15) is 15.2 Å². The standard InChI is InChI=1S/C13H16ClNO3/c1-2-3-4-5-11(15(17)18)8-10-6-7-13(16)12(14)9-10/h6-9,16H,2-5H2,1H3/b11-8+. The summed E-state index contributed by atoms with van der Waals surface area (Å²) in [6.07, 6.45) is 4.74. The van der Waals surface area contributed by atoms with Crippen LogP contribution >= 0.6 is 11.6 Å². The fraction of sp³-hybridized carbons (Fsp3) is 0.385. The van der Waals surface area contributed by atoms with Crippen LogP contribution < -0.4 is 0 Å². The molecule has 0 saturated heterocycles. The van der Waals surface area contributed by atoms with Crippen molar-refractivity contribution in [3.63, 3.8) is 0 Å². The van der Waals surface area contributed by atoms with Gasteiger partial charge in [0.2, 0.25) is 5.70 Å². The van der Waals surface area contributed by atoms with Gasteiger partial charge in [-0.25, -0.2) is 0 Å². The van der Waals surface area contributed by atoms with Crippen LogP contribution in [0.4, 0.5) is 0 Å². The fourth-order valence-corrected chi connectivity index (χ4v) is 1.77. The maximum Gasteiger partial charge on any atom is 0.246 e. The average molecular weight is 270 g/mol. The first-order valence-electron chi connectivity index (χ1n) is 5.88. The highest BCUT2D eigenvalue weighted by atomic mass is 35.5. The molecule has 0 atom stereocenters. The van der Waals surface area contributed by atoms with Crippen LogP contribution in [0.3, 0.4) is 0 Å². The predicted molar refractivity (Wildman–Crippen MR) is 72.2 cm³/mol. The second-order valence-electron chi connectivity index (χ2n) is 4.06. The number of allylic oxidation sites excluding steroid dienone is 1. The zero-order chi connectivity index (χ0) is 13.5. The Hall–Kier alpha value is -1.55. The van der Waals surface area contributed by atoms with E-state index in [4.69, 9.17) is 11.6 Å². The summed E-state index contributed by atoms with van der Waals surface area (Å²) < 4.78 is 0. The molecule has 0 aliphatic heterocycles. The quantitative estimate of drug-likeness (QED) is 0.477. The molecule has 0 aliphatic rings. The SMILES string of the molecule is CCCCC/C(=C\c1ccc(O)c(Cl)c1)[N+](=O)[O-]. The van der Waals surface area contributed by atoms with Gasteiger partial charge in [-0.05, 0) is 24.1 Å². The van der Waals surface area contributed by atoms with Crippen LogP contribution in [0.5, 0.6) is 5.75 Å². The second kappa shape index (κ2) is 7.01. The Kier molecular flexibility index (Phi) is 5.65. The number of benzene rings is 1. The summed E-state index contributed by atoms with van der Waals surface area (Å²) in [6, 6.07) is 4.54. The Morgan fingerprint density at radius 3 is 2.78 bits per heavy atom. The summed E-state index contributed by atoms with van der Waals surface area (Å²) in [6.45, 7) is 2.05. The highest BCUT2D eigenvalue weighted by Gasteiger charge is 2.10. The van der Waals surface area contributed by atoms with E-state index in [1.165, 1.54) is 18.2 Å². The minimum absolute atomic E-state index is 0.0255. The summed E-state index contributed by atoms with van der Waals surface area (Å²) in [5, 5.41) is 20.4. The minimum atomic E-state index is -0.365. The van der Waals surface area contributed by atoms with Crippen molar-refractivity contribution in [3.8, 4) is 5.75 Å². The Bertz CT molecular complexity index is 458. The molecule has 0 unspecified atom stereocenters. The first-order valence-corrected chi connectivity index (χ1v) is 6.26. The molecule has 4 nitrogen and oxygen atoms in total. The number of nitrogens with zero attached hydrogens (tertiary/aromatic N) is 1. The first kappa shape index (κ1) is 14.5. The zero-order valence-corrected chi connectivity index (χ0v) is 11.0. The summed E-state index contributed by atoms with van der Waals surface area (Å²) in [5.41, 5.74) is 0.797. The number of unbranched alkanes of at least 4 members (excludes halogenated alkanes) is 2. The van der Waals surface area contributed by atoms with Crippen molar-refractivity contribution < 1.29 is 10.0 Å². The summed E-state index contributed by atoms with van der Waals surface area (Å²) in [7, 11) is 0. The Labute approximate surface area is 111 Å². The second-order valence-corrected chi connectivity index (χ2v) is 4.47. The molecule has 0 bridgehead atoms. The van der Waals surface area contributed by atoms with Gasteiger partial charge in [0.05, 0.1) is 9.95 Å². The molecule has 0 saturated carbocycles. The van der Waals surface area contributed by atoms with Gasteiger partial charge in [-0.3, -0.25) is 10.1 Å². The van der Waals surface area contributed by atoms with Crippen molar-refractivity contribution in [2.24, 2.45) is 0 Å². The van der Waals surface area contributed by atoms with E-state index in [-0.39, 0.29) is 21.4 Å². The number of hydrogen-bond donors (Lipinski definition) is 1. The lowest BCUT2D eigenvalue weighted by Gasteiger charge is -2.01. The molecule has 0 heterocycles. The molecule has 1 N–H and O–H groups in total. The van der Waals surface area contributed by atoms with Gasteiger partial charge in [0, 0.05) is 12.5 Å². The van der Waals surface area contributed by atoms with E-state index in [2.05, 4.69) is 6.92 Å². The number of hydrogen-bond acceptors (Lipinski definition) is 3. The molecule has 98 valence electrons. The van der Waals surface area contributed by atoms with Gasteiger partial charge in [0.1, 0.15) is 5.75 Å². The van der Waals surface area contributed by atoms with E-state index < -0.39 is 0 Å². The first-order chi connectivity index (χ1) is 8.54. The normalized spacial score (nSPS) is 11.6. The maximum absolute atomic E-state index is 10.9. The largest absolute Gasteiger partial charge is 0.506 e. The molecule has 0 spiro atoms. The monoisotopic (exact) mass is 269 g/mol. The molecule has 0 fully saturated rings. The van der Waals surface area contributed by atoms with Gasteiger partial charge in [-0.15, -0.1) is 0 Å². The maximum atomic E-state index is 10.9.